The SMILES string of the molecule is CC#CCCNC(=O)C(F)F. The fourth-order valence-electron chi connectivity index (χ4n) is 0.450. The van der Waals surface area contributed by atoms with Gasteiger partial charge >= 0.3 is 6.43 Å². The Morgan fingerprint density at radius 3 is 2.73 bits per heavy atom. The van der Waals surface area contributed by atoms with Crippen LogP contribution in [0.2, 0.25) is 0 Å². The molecular formula is C7H9F2NO. The topological polar surface area (TPSA) is 29.1 Å². The third-order valence-corrected chi connectivity index (χ3v) is 0.924. The summed E-state index contributed by atoms with van der Waals surface area (Å²) in [6.07, 6.45) is -2.51. The average molecular weight is 161 g/mol. The van der Waals surface area contributed by atoms with Gasteiger partial charge in [-0.05, 0) is 6.92 Å². The first kappa shape index (κ1) is 9.89. The molecule has 0 spiro atoms. The highest BCUT2D eigenvalue weighted by Gasteiger charge is 2.12. The molecular weight excluding hydrogens is 152 g/mol. The van der Waals surface area contributed by atoms with Gasteiger partial charge in [0.2, 0.25) is 0 Å². The minimum atomic E-state index is -2.93. The number of nitrogens with one attached hydrogen (secondary N) is 1. The lowest BCUT2D eigenvalue weighted by Crippen LogP contribution is -2.30. The van der Waals surface area contributed by atoms with E-state index in [1.165, 1.54) is 0 Å². The van der Waals surface area contributed by atoms with Crippen LogP contribution in [0.5, 0.6) is 0 Å². The molecule has 0 aromatic heterocycles. The maximum atomic E-state index is 11.5. The van der Waals surface area contributed by atoms with Crippen LogP contribution in [0, 0.1) is 11.8 Å². The van der Waals surface area contributed by atoms with Crippen LogP contribution in [0.3, 0.4) is 0 Å². The molecule has 0 bridgehead atoms. The maximum absolute atomic E-state index is 11.5. The molecule has 0 aliphatic carbocycles. The van der Waals surface area contributed by atoms with Gasteiger partial charge in [0.05, 0.1) is 0 Å². The van der Waals surface area contributed by atoms with Gasteiger partial charge in [-0.1, -0.05) is 0 Å². The van der Waals surface area contributed by atoms with E-state index in [0.717, 1.165) is 0 Å². The molecule has 1 N–H and O–H groups in total. The zero-order chi connectivity index (χ0) is 8.69. The molecule has 0 atom stereocenters. The molecule has 0 saturated heterocycles. The second-order valence-electron chi connectivity index (χ2n) is 1.77. The van der Waals surface area contributed by atoms with E-state index in [1.807, 2.05) is 5.32 Å². The molecule has 0 heterocycles. The fraction of sp³-hybridized carbons (Fsp3) is 0.571. The van der Waals surface area contributed by atoms with Gasteiger partial charge < -0.3 is 5.32 Å². The fourth-order valence-corrected chi connectivity index (χ4v) is 0.450. The van der Waals surface area contributed by atoms with Gasteiger partial charge in [0.15, 0.2) is 0 Å². The smallest absolute Gasteiger partial charge is 0.315 e. The van der Waals surface area contributed by atoms with E-state index in [-0.39, 0.29) is 6.54 Å². The van der Waals surface area contributed by atoms with E-state index in [9.17, 15) is 13.6 Å². The molecule has 0 aliphatic rings. The highest BCUT2D eigenvalue weighted by molar-refractivity contribution is 5.78. The van der Waals surface area contributed by atoms with Crippen molar-refractivity contribution in [3.8, 4) is 11.8 Å². The molecule has 0 fully saturated rings. The summed E-state index contributed by atoms with van der Waals surface area (Å²) in [6, 6.07) is 0. The van der Waals surface area contributed by atoms with Crippen molar-refractivity contribution in [2.24, 2.45) is 0 Å². The Morgan fingerprint density at radius 1 is 1.64 bits per heavy atom. The molecule has 1 amide bonds. The third-order valence-electron chi connectivity index (χ3n) is 0.924. The quantitative estimate of drug-likeness (QED) is 0.481. The standard InChI is InChI=1S/C7H9F2NO/c1-2-3-4-5-10-7(11)6(8)9/h6H,4-5H2,1H3,(H,10,11). The molecule has 0 aromatic carbocycles. The van der Waals surface area contributed by atoms with E-state index in [2.05, 4.69) is 11.8 Å². The summed E-state index contributed by atoms with van der Waals surface area (Å²) >= 11 is 0. The molecule has 11 heavy (non-hydrogen) atoms. The van der Waals surface area contributed by atoms with Crippen LogP contribution in [0.1, 0.15) is 13.3 Å². The van der Waals surface area contributed by atoms with Crippen LogP contribution in [0.15, 0.2) is 0 Å². The Labute approximate surface area is 64.0 Å². The Hall–Kier alpha value is -1.11. The van der Waals surface area contributed by atoms with E-state index < -0.39 is 12.3 Å². The zero-order valence-electron chi connectivity index (χ0n) is 6.16. The Balaban J connectivity index is 3.37. The molecule has 2 nitrogen and oxygen atoms in total. The van der Waals surface area contributed by atoms with Gasteiger partial charge in [0.25, 0.3) is 5.91 Å². The van der Waals surface area contributed by atoms with Crippen molar-refractivity contribution >= 4 is 5.91 Å². The van der Waals surface area contributed by atoms with Crippen molar-refractivity contribution in [3.63, 3.8) is 0 Å². The lowest BCUT2D eigenvalue weighted by molar-refractivity contribution is -0.131. The van der Waals surface area contributed by atoms with Crippen molar-refractivity contribution in [1.82, 2.24) is 5.32 Å². The van der Waals surface area contributed by atoms with Gasteiger partial charge in [0.1, 0.15) is 0 Å². The van der Waals surface area contributed by atoms with Crippen LogP contribution in [-0.4, -0.2) is 18.9 Å². The average Bonchev–Trinajstić information content (AvgIpc) is 1.97. The zero-order valence-corrected chi connectivity index (χ0v) is 6.16. The number of hydrogen-bond donors (Lipinski definition) is 1. The van der Waals surface area contributed by atoms with Crippen molar-refractivity contribution in [1.29, 1.82) is 0 Å². The number of rotatable bonds is 3. The van der Waals surface area contributed by atoms with Crippen molar-refractivity contribution in [2.75, 3.05) is 6.54 Å². The van der Waals surface area contributed by atoms with Gasteiger partial charge in [-0.15, -0.1) is 11.8 Å². The normalized spacial score (nSPS) is 8.73. The number of carbonyl (C=O) groups excluding carboxylic acids is 1. The largest absolute Gasteiger partial charge is 0.350 e. The predicted molar refractivity (Wildman–Crippen MR) is 37.1 cm³/mol. The summed E-state index contributed by atoms with van der Waals surface area (Å²) in [4.78, 5) is 10.2. The Bertz CT molecular complexity index is 181. The number of amides is 1. The number of carbonyl (C=O) groups is 1. The van der Waals surface area contributed by atoms with Crippen molar-refractivity contribution < 1.29 is 13.6 Å². The first-order chi connectivity index (χ1) is 5.18. The molecule has 0 radical (unpaired) electrons. The second kappa shape index (κ2) is 5.66. The Kier molecular flexibility index (Phi) is 5.09. The maximum Gasteiger partial charge on any atom is 0.315 e. The van der Waals surface area contributed by atoms with Crippen molar-refractivity contribution in [3.05, 3.63) is 0 Å². The second-order valence-corrected chi connectivity index (χ2v) is 1.77. The van der Waals surface area contributed by atoms with E-state index in [0.29, 0.717) is 6.42 Å². The van der Waals surface area contributed by atoms with Crippen LogP contribution in [0.4, 0.5) is 8.78 Å². The van der Waals surface area contributed by atoms with Crippen LogP contribution in [-0.2, 0) is 4.79 Å². The van der Waals surface area contributed by atoms with E-state index in [4.69, 9.17) is 0 Å². The molecule has 0 unspecified atom stereocenters. The van der Waals surface area contributed by atoms with Crippen LogP contribution in [0.25, 0.3) is 0 Å². The molecule has 0 saturated carbocycles. The highest BCUT2D eigenvalue weighted by Crippen LogP contribution is 1.89. The lowest BCUT2D eigenvalue weighted by Gasteiger charge is -1.99. The summed E-state index contributed by atoms with van der Waals surface area (Å²) in [5.74, 6) is 3.98. The number of hydrogen-bond acceptors (Lipinski definition) is 1. The summed E-state index contributed by atoms with van der Waals surface area (Å²) in [6.45, 7) is 1.83. The Morgan fingerprint density at radius 2 is 2.27 bits per heavy atom. The third kappa shape index (κ3) is 5.34. The predicted octanol–water partition coefficient (Wildman–Crippen LogP) is 0.781. The minimum absolute atomic E-state index is 0.185. The monoisotopic (exact) mass is 161 g/mol. The first-order valence-corrected chi connectivity index (χ1v) is 3.14. The summed E-state index contributed by atoms with van der Waals surface area (Å²) in [5, 5.41) is 2.03. The van der Waals surface area contributed by atoms with Gasteiger partial charge in [-0.3, -0.25) is 4.79 Å². The number of halogens is 2. The first-order valence-electron chi connectivity index (χ1n) is 3.14. The highest BCUT2D eigenvalue weighted by atomic mass is 19.3. The molecule has 0 aromatic rings. The van der Waals surface area contributed by atoms with Gasteiger partial charge in [-0.25, -0.2) is 0 Å². The number of alkyl halides is 2. The summed E-state index contributed by atoms with van der Waals surface area (Å²) in [7, 11) is 0. The lowest BCUT2D eigenvalue weighted by atomic mass is 10.4. The molecule has 62 valence electrons. The van der Waals surface area contributed by atoms with E-state index in [1.54, 1.807) is 6.92 Å². The summed E-state index contributed by atoms with van der Waals surface area (Å²) in [5.41, 5.74) is 0. The van der Waals surface area contributed by atoms with Crippen LogP contribution >= 0.6 is 0 Å². The van der Waals surface area contributed by atoms with Gasteiger partial charge in [0, 0.05) is 13.0 Å². The minimum Gasteiger partial charge on any atom is -0.350 e. The molecule has 0 aliphatic heterocycles. The van der Waals surface area contributed by atoms with E-state index >= 15 is 0 Å². The van der Waals surface area contributed by atoms with Crippen molar-refractivity contribution in [2.45, 2.75) is 19.8 Å². The summed E-state index contributed by atoms with van der Waals surface area (Å²) < 4.78 is 23.0. The molecule has 0 rings (SSSR count). The van der Waals surface area contributed by atoms with Crippen LogP contribution < -0.4 is 5.32 Å². The molecule has 4 heteroatoms. The van der Waals surface area contributed by atoms with Gasteiger partial charge in [-0.2, -0.15) is 8.78 Å².